The number of nitrogens with zero attached hydrogens (tertiary/aromatic N) is 1. The lowest BCUT2D eigenvalue weighted by Gasteiger charge is -2.27. The molecule has 1 fully saturated rings. The van der Waals surface area contributed by atoms with Crippen molar-refractivity contribution in [2.45, 2.75) is 0 Å². The molecule has 0 spiro atoms. The molecule has 0 aromatic rings. The van der Waals surface area contributed by atoms with E-state index in [1.54, 1.807) is 11.3 Å². The average molecular weight is 184 g/mol. The first-order chi connectivity index (χ1) is 4.61. The molecule has 0 amide bonds. The third kappa shape index (κ3) is 2.24. The second-order valence-electron chi connectivity index (χ2n) is 2.34. The van der Waals surface area contributed by atoms with Gasteiger partial charge < -0.3 is 4.74 Å². The van der Waals surface area contributed by atoms with Crippen LogP contribution in [0.3, 0.4) is 0 Å². The van der Waals surface area contributed by atoms with Crippen LogP contribution in [0, 0.1) is 0 Å². The summed E-state index contributed by atoms with van der Waals surface area (Å²) >= 11 is 5.64. The van der Waals surface area contributed by atoms with Crippen LogP contribution >= 0.6 is 17.9 Å². The van der Waals surface area contributed by atoms with Crippen LogP contribution in [0.1, 0.15) is 0 Å². The van der Waals surface area contributed by atoms with Crippen molar-refractivity contribution in [2.75, 3.05) is 33.0 Å². The smallest absolute Gasteiger partial charge is 0.232 e. The summed E-state index contributed by atoms with van der Waals surface area (Å²) in [6.07, 6.45) is 0. The molecule has 1 aliphatic heterocycles. The molecule has 1 unspecified atom stereocenters. The third-order valence-corrected chi connectivity index (χ3v) is 3.54. The molecule has 1 saturated heterocycles. The summed E-state index contributed by atoms with van der Waals surface area (Å²) in [5.41, 5.74) is 0. The van der Waals surface area contributed by atoms with Gasteiger partial charge in [-0.05, 0) is 11.2 Å². The molecule has 0 saturated carbocycles. The van der Waals surface area contributed by atoms with Gasteiger partial charge in [0.25, 0.3) is 0 Å². The van der Waals surface area contributed by atoms with Gasteiger partial charge in [-0.15, -0.1) is 0 Å². The van der Waals surface area contributed by atoms with E-state index >= 15 is 0 Å². The van der Waals surface area contributed by atoms with E-state index in [0.29, 0.717) is 26.3 Å². The fourth-order valence-electron chi connectivity index (χ4n) is 0.911. The number of ether oxygens (including phenoxy) is 1. The van der Waals surface area contributed by atoms with Gasteiger partial charge in [-0.25, -0.2) is 4.67 Å². The number of rotatable bonds is 1. The van der Waals surface area contributed by atoms with E-state index in [0.717, 1.165) is 0 Å². The highest BCUT2D eigenvalue weighted by Gasteiger charge is 2.23. The van der Waals surface area contributed by atoms with Crippen molar-refractivity contribution in [1.29, 1.82) is 0 Å². The summed E-state index contributed by atoms with van der Waals surface area (Å²) in [5.74, 6) is 0. The highest BCUT2D eigenvalue weighted by Crippen LogP contribution is 2.50. The topological polar surface area (TPSA) is 29.5 Å². The molecule has 3 nitrogen and oxygen atoms in total. The molecule has 1 aliphatic rings. The summed E-state index contributed by atoms with van der Waals surface area (Å²) in [6.45, 7) is 1.72. The van der Waals surface area contributed by atoms with E-state index in [9.17, 15) is 4.57 Å². The molecule has 1 rings (SSSR count). The van der Waals surface area contributed by atoms with Crippen molar-refractivity contribution < 1.29 is 9.30 Å². The fraction of sp³-hybridized carbons (Fsp3) is 1.00. The van der Waals surface area contributed by atoms with Crippen molar-refractivity contribution in [2.24, 2.45) is 0 Å². The minimum Gasteiger partial charge on any atom is -0.379 e. The summed E-state index contributed by atoms with van der Waals surface area (Å²) in [4.78, 5) is 0. The lowest BCUT2D eigenvalue weighted by molar-refractivity contribution is 0.0733. The van der Waals surface area contributed by atoms with Crippen molar-refractivity contribution in [3.63, 3.8) is 0 Å². The Hall–Kier alpha value is 0.440. The molecule has 60 valence electrons. The van der Waals surface area contributed by atoms with Crippen molar-refractivity contribution in [3.05, 3.63) is 0 Å². The second kappa shape index (κ2) is 3.22. The van der Waals surface area contributed by atoms with Crippen LogP contribution in [0.5, 0.6) is 0 Å². The Balaban J connectivity index is 2.47. The molecule has 0 radical (unpaired) electrons. The van der Waals surface area contributed by atoms with E-state index in [4.69, 9.17) is 16.0 Å². The third-order valence-electron chi connectivity index (χ3n) is 1.49. The first-order valence-electron chi connectivity index (χ1n) is 3.21. The summed E-state index contributed by atoms with van der Waals surface area (Å²) in [6, 6.07) is 0. The highest BCUT2D eigenvalue weighted by molar-refractivity contribution is 7.86. The Morgan fingerprint density at radius 3 is 2.30 bits per heavy atom. The van der Waals surface area contributed by atoms with Gasteiger partial charge in [-0.1, -0.05) is 0 Å². The van der Waals surface area contributed by atoms with Gasteiger partial charge >= 0.3 is 0 Å². The molecule has 10 heavy (non-hydrogen) atoms. The predicted octanol–water partition coefficient (Wildman–Crippen LogP) is 1.38. The van der Waals surface area contributed by atoms with Gasteiger partial charge in [0.05, 0.1) is 13.2 Å². The molecule has 1 heterocycles. The molecule has 0 bridgehead atoms. The predicted molar refractivity (Wildman–Crippen MR) is 41.8 cm³/mol. The zero-order valence-corrected chi connectivity index (χ0v) is 7.57. The Morgan fingerprint density at radius 1 is 1.50 bits per heavy atom. The average Bonchev–Trinajstić information content (AvgIpc) is 1.88. The normalized spacial score (nSPS) is 27.8. The zero-order chi connectivity index (χ0) is 7.61. The summed E-state index contributed by atoms with van der Waals surface area (Å²) in [7, 11) is 0. The number of hydrogen-bond donors (Lipinski definition) is 0. The van der Waals surface area contributed by atoms with Gasteiger partial charge in [-0.2, -0.15) is 0 Å². The van der Waals surface area contributed by atoms with Crippen LogP contribution < -0.4 is 0 Å². The second-order valence-corrected chi connectivity index (χ2v) is 6.35. The maximum Gasteiger partial charge on any atom is 0.232 e. The van der Waals surface area contributed by atoms with Gasteiger partial charge in [0, 0.05) is 19.8 Å². The van der Waals surface area contributed by atoms with Crippen LogP contribution in [0.15, 0.2) is 0 Å². The van der Waals surface area contributed by atoms with E-state index in [1.165, 1.54) is 0 Å². The number of halogens is 1. The lowest BCUT2D eigenvalue weighted by Crippen LogP contribution is -2.32. The summed E-state index contributed by atoms with van der Waals surface area (Å²) < 4.78 is 18.1. The number of morpholine rings is 1. The minimum absolute atomic E-state index is 0.643. The zero-order valence-electron chi connectivity index (χ0n) is 5.92. The quantitative estimate of drug-likeness (QED) is 0.576. The molecule has 0 aliphatic carbocycles. The van der Waals surface area contributed by atoms with Crippen LogP contribution in [0.25, 0.3) is 0 Å². The Bertz CT molecular complexity index is 152. The maximum atomic E-state index is 11.2. The fourth-order valence-corrected chi connectivity index (χ4v) is 2.24. The Morgan fingerprint density at radius 2 is 2.00 bits per heavy atom. The molecule has 0 aromatic carbocycles. The van der Waals surface area contributed by atoms with E-state index in [2.05, 4.69) is 0 Å². The molecule has 5 heteroatoms. The largest absolute Gasteiger partial charge is 0.379 e. The van der Waals surface area contributed by atoms with Crippen LogP contribution in [-0.2, 0) is 9.30 Å². The Kier molecular flexibility index (Phi) is 2.75. The maximum absolute atomic E-state index is 11.2. The molecule has 0 N–H and O–H groups in total. The SMILES string of the molecule is CP(=O)(Cl)N1CCOCC1. The van der Waals surface area contributed by atoms with Gasteiger partial charge in [-0.3, -0.25) is 4.57 Å². The highest BCUT2D eigenvalue weighted by atomic mass is 35.7. The van der Waals surface area contributed by atoms with Crippen molar-refractivity contribution >= 4 is 17.9 Å². The molecule has 1 atom stereocenters. The van der Waals surface area contributed by atoms with Crippen molar-refractivity contribution in [3.8, 4) is 0 Å². The van der Waals surface area contributed by atoms with Crippen molar-refractivity contribution in [1.82, 2.24) is 4.67 Å². The Labute approximate surface area is 65.5 Å². The molecular weight excluding hydrogens is 172 g/mol. The van der Waals surface area contributed by atoms with Crippen LogP contribution in [-0.4, -0.2) is 37.6 Å². The summed E-state index contributed by atoms with van der Waals surface area (Å²) in [5, 5.41) is 0. The minimum atomic E-state index is -2.52. The van der Waals surface area contributed by atoms with Crippen LogP contribution in [0.2, 0.25) is 0 Å². The number of hydrogen-bond acceptors (Lipinski definition) is 2. The van der Waals surface area contributed by atoms with E-state index in [1.807, 2.05) is 0 Å². The van der Waals surface area contributed by atoms with E-state index < -0.39 is 6.65 Å². The van der Waals surface area contributed by atoms with Crippen LogP contribution in [0.4, 0.5) is 0 Å². The van der Waals surface area contributed by atoms with Gasteiger partial charge in [0.2, 0.25) is 6.65 Å². The van der Waals surface area contributed by atoms with E-state index in [-0.39, 0.29) is 0 Å². The van der Waals surface area contributed by atoms with Gasteiger partial charge in [0.15, 0.2) is 0 Å². The molecular formula is C5H11ClNO2P. The standard InChI is InChI=1S/C5H11ClNO2P/c1-10(6,8)7-2-4-9-5-3-7/h2-5H2,1H3. The lowest BCUT2D eigenvalue weighted by atomic mass is 10.5. The van der Waals surface area contributed by atoms with Gasteiger partial charge in [0.1, 0.15) is 0 Å². The first kappa shape index (κ1) is 8.54. The first-order valence-corrected chi connectivity index (χ1v) is 6.22. The molecule has 0 aromatic heterocycles. The monoisotopic (exact) mass is 183 g/mol.